The summed E-state index contributed by atoms with van der Waals surface area (Å²) < 4.78 is 5.91. The Morgan fingerprint density at radius 2 is 2.00 bits per heavy atom. The van der Waals surface area contributed by atoms with E-state index in [9.17, 15) is 0 Å². The summed E-state index contributed by atoms with van der Waals surface area (Å²) in [5.41, 5.74) is 2.36. The summed E-state index contributed by atoms with van der Waals surface area (Å²) >= 11 is 0. The lowest BCUT2D eigenvalue weighted by atomic mass is 9.97. The molecule has 0 radical (unpaired) electrons. The van der Waals surface area contributed by atoms with Gasteiger partial charge in [0.15, 0.2) is 5.96 Å². The second-order valence-electron chi connectivity index (χ2n) is 7.28. The minimum absolute atomic E-state index is 0.627. The normalized spacial score (nSPS) is 16.5. The molecule has 1 aliphatic heterocycles. The zero-order valence-corrected chi connectivity index (χ0v) is 17.0. The van der Waals surface area contributed by atoms with Gasteiger partial charge in [-0.25, -0.2) is 4.99 Å². The number of benzene rings is 1. The van der Waals surface area contributed by atoms with Gasteiger partial charge in [-0.1, -0.05) is 19.1 Å². The minimum atomic E-state index is 0.627. The lowest BCUT2D eigenvalue weighted by Crippen LogP contribution is -2.42. The van der Waals surface area contributed by atoms with Gasteiger partial charge in [0.1, 0.15) is 5.75 Å². The Hall–Kier alpha value is -1.75. The van der Waals surface area contributed by atoms with Crippen molar-refractivity contribution in [3.63, 3.8) is 0 Å². The van der Waals surface area contributed by atoms with Crippen LogP contribution in [0, 0.1) is 12.8 Å². The van der Waals surface area contributed by atoms with Gasteiger partial charge < -0.3 is 20.3 Å². The van der Waals surface area contributed by atoms with Crippen LogP contribution < -0.4 is 15.4 Å². The standard InChI is InChI=1S/C21H36N4O/c1-5-13-26-20-14-17(3)7-8-19(20)16-24-21(22-6-2)23-15-18-9-11-25(4)12-10-18/h7-8,14,18H,5-6,9-13,15-16H2,1-4H3,(H2,22,23,24). The average molecular weight is 361 g/mol. The van der Waals surface area contributed by atoms with Crippen LogP contribution in [0.15, 0.2) is 23.2 Å². The maximum atomic E-state index is 5.91. The molecule has 2 rings (SSSR count). The van der Waals surface area contributed by atoms with Gasteiger partial charge in [-0.05, 0) is 70.8 Å². The maximum Gasteiger partial charge on any atom is 0.191 e. The number of nitrogens with zero attached hydrogens (tertiary/aromatic N) is 2. The molecule has 0 aliphatic carbocycles. The van der Waals surface area contributed by atoms with Crippen molar-refractivity contribution in [1.82, 2.24) is 15.5 Å². The monoisotopic (exact) mass is 360 g/mol. The maximum absolute atomic E-state index is 5.91. The number of hydrogen-bond acceptors (Lipinski definition) is 3. The molecule has 5 nitrogen and oxygen atoms in total. The van der Waals surface area contributed by atoms with Crippen molar-refractivity contribution in [2.24, 2.45) is 10.9 Å². The molecule has 146 valence electrons. The quantitative estimate of drug-likeness (QED) is 0.552. The number of piperidine rings is 1. The van der Waals surface area contributed by atoms with Crippen LogP contribution in [0.5, 0.6) is 5.75 Å². The van der Waals surface area contributed by atoms with Crippen LogP contribution >= 0.6 is 0 Å². The average Bonchev–Trinajstić information content (AvgIpc) is 2.64. The summed E-state index contributed by atoms with van der Waals surface area (Å²) in [5.74, 6) is 2.59. The van der Waals surface area contributed by atoms with E-state index in [0.717, 1.165) is 49.3 Å². The summed E-state index contributed by atoms with van der Waals surface area (Å²) in [4.78, 5) is 7.19. The first kappa shape index (κ1) is 20.6. The number of nitrogens with one attached hydrogen (secondary N) is 2. The van der Waals surface area contributed by atoms with Crippen LogP contribution in [0.4, 0.5) is 0 Å². The van der Waals surface area contributed by atoms with E-state index in [2.05, 4.69) is 61.6 Å². The van der Waals surface area contributed by atoms with Gasteiger partial charge >= 0.3 is 0 Å². The van der Waals surface area contributed by atoms with Crippen LogP contribution in [-0.2, 0) is 6.54 Å². The van der Waals surface area contributed by atoms with Crippen molar-refractivity contribution in [3.05, 3.63) is 29.3 Å². The number of aliphatic imine (C=N–C) groups is 1. The topological polar surface area (TPSA) is 48.9 Å². The molecule has 0 spiro atoms. The Bertz CT molecular complexity index is 565. The van der Waals surface area contributed by atoms with E-state index >= 15 is 0 Å². The van der Waals surface area contributed by atoms with Crippen LogP contribution in [-0.4, -0.2) is 50.7 Å². The highest BCUT2D eigenvalue weighted by atomic mass is 16.5. The lowest BCUT2D eigenvalue weighted by Gasteiger charge is -2.29. The number of ether oxygens (including phenoxy) is 1. The van der Waals surface area contributed by atoms with E-state index in [1.807, 2.05) is 0 Å². The molecule has 0 unspecified atom stereocenters. The number of guanidine groups is 1. The van der Waals surface area contributed by atoms with Gasteiger partial charge in [-0.2, -0.15) is 0 Å². The zero-order chi connectivity index (χ0) is 18.8. The summed E-state index contributed by atoms with van der Waals surface area (Å²) in [6, 6.07) is 6.37. The van der Waals surface area contributed by atoms with E-state index in [1.165, 1.54) is 31.5 Å². The highest BCUT2D eigenvalue weighted by Crippen LogP contribution is 2.21. The van der Waals surface area contributed by atoms with Gasteiger partial charge in [-0.3, -0.25) is 0 Å². The van der Waals surface area contributed by atoms with Crippen molar-refractivity contribution >= 4 is 5.96 Å². The first-order valence-corrected chi connectivity index (χ1v) is 10.0. The van der Waals surface area contributed by atoms with Crippen molar-refractivity contribution in [3.8, 4) is 5.75 Å². The number of rotatable bonds is 8. The predicted molar refractivity (Wildman–Crippen MR) is 110 cm³/mol. The predicted octanol–water partition coefficient (Wildman–Crippen LogP) is 3.18. The molecule has 1 saturated heterocycles. The Morgan fingerprint density at radius 1 is 1.23 bits per heavy atom. The molecule has 5 heteroatoms. The third-order valence-corrected chi connectivity index (χ3v) is 4.83. The van der Waals surface area contributed by atoms with Crippen LogP contribution in [0.2, 0.25) is 0 Å². The number of likely N-dealkylation sites (tertiary alicyclic amines) is 1. The Labute approximate surface area is 159 Å². The van der Waals surface area contributed by atoms with Crippen LogP contribution in [0.3, 0.4) is 0 Å². The molecule has 1 aliphatic rings. The van der Waals surface area contributed by atoms with Crippen molar-refractivity contribution in [1.29, 1.82) is 0 Å². The second kappa shape index (κ2) is 11.1. The van der Waals surface area contributed by atoms with Crippen molar-refractivity contribution < 1.29 is 4.74 Å². The molecule has 0 atom stereocenters. The zero-order valence-electron chi connectivity index (χ0n) is 17.0. The molecule has 0 amide bonds. The first-order valence-electron chi connectivity index (χ1n) is 10.0. The van der Waals surface area contributed by atoms with Crippen molar-refractivity contribution in [2.75, 3.05) is 39.8 Å². The molecule has 26 heavy (non-hydrogen) atoms. The van der Waals surface area contributed by atoms with Gasteiger partial charge in [-0.15, -0.1) is 0 Å². The minimum Gasteiger partial charge on any atom is -0.493 e. The number of aryl methyl sites for hydroxylation is 1. The Kier molecular flexibility index (Phi) is 8.75. The Morgan fingerprint density at radius 3 is 2.69 bits per heavy atom. The summed E-state index contributed by atoms with van der Waals surface area (Å²) in [6.07, 6.45) is 3.53. The first-order chi connectivity index (χ1) is 12.6. The molecule has 1 fully saturated rings. The van der Waals surface area contributed by atoms with E-state index in [0.29, 0.717) is 6.54 Å². The molecule has 0 saturated carbocycles. The number of hydrogen-bond donors (Lipinski definition) is 2. The summed E-state index contributed by atoms with van der Waals surface area (Å²) in [6.45, 7) is 12.0. The second-order valence-corrected chi connectivity index (χ2v) is 7.28. The van der Waals surface area contributed by atoms with Crippen LogP contribution in [0.1, 0.15) is 44.2 Å². The molecular formula is C21H36N4O. The molecule has 0 aromatic heterocycles. The fourth-order valence-electron chi connectivity index (χ4n) is 3.15. The van der Waals surface area contributed by atoms with Crippen molar-refractivity contribution in [2.45, 2.75) is 46.6 Å². The molecule has 1 heterocycles. The highest BCUT2D eigenvalue weighted by molar-refractivity contribution is 5.79. The van der Waals surface area contributed by atoms with Crippen LogP contribution in [0.25, 0.3) is 0 Å². The van der Waals surface area contributed by atoms with Gasteiger partial charge in [0.2, 0.25) is 0 Å². The molecule has 0 bridgehead atoms. The fraction of sp³-hybridized carbons (Fsp3) is 0.667. The lowest BCUT2D eigenvalue weighted by molar-refractivity contribution is 0.220. The Balaban J connectivity index is 1.95. The van der Waals surface area contributed by atoms with Gasteiger partial charge in [0, 0.05) is 18.7 Å². The summed E-state index contributed by atoms with van der Waals surface area (Å²) in [7, 11) is 2.20. The smallest absolute Gasteiger partial charge is 0.191 e. The van der Waals surface area contributed by atoms with Gasteiger partial charge in [0.25, 0.3) is 0 Å². The SMILES string of the molecule is CCCOc1cc(C)ccc1CN=C(NCC)NCC1CCN(C)CC1. The third-order valence-electron chi connectivity index (χ3n) is 4.83. The van der Waals surface area contributed by atoms with E-state index in [-0.39, 0.29) is 0 Å². The molecule has 2 N–H and O–H groups in total. The fourth-order valence-corrected chi connectivity index (χ4v) is 3.15. The largest absolute Gasteiger partial charge is 0.493 e. The molecule has 1 aromatic rings. The van der Waals surface area contributed by atoms with E-state index in [4.69, 9.17) is 9.73 Å². The summed E-state index contributed by atoms with van der Waals surface area (Å²) in [5, 5.41) is 6.89. The van der Waals surface area contributed by atoms with Gasteiger partial charge in [0.05, 0.1) is 13.2 Å². The van der Waals surface area contributed by atoms with E-state index in [1.54, 1.807) is 0 Å². The molecular weight excluding hydrogens is 324 g/mol. The highest BCUT2D eigenvalue weighted by Gasteiger charge is 2.16. The third kappa shape index (κ3) is 6.87. The molecule has 1 aromatic carbocycles. The van der Waals surface area contributed by atoms with E-state index < -0.39 is 0 Å².